The topological polar surface area (TPSA) is 19.9 Å². The average Bonchev–Trinajstić information content (AvgIpc) is 1.93. The molecule has 0 aliphatic carbocycles. The van der Waals surface area contributed by atoms with Crippen LogP contribution in [0.4, 0.5) is 0 Å². The van der Waals surface area contributed by atoms with E-state index in [4.69, 9.17) is 0 Å². The highest BCUT2D eigenvalue weighted by atomic mass is 16.3. The van der Waals surface area contributed by atoms with Gasteiger partial charge in [-0.1, -0.05) is 23.8 Å². The van der Waals surface area contributed by atoms with Gasteiger partial charge in [0.25, 0.3) is 0 Å². The Balaban J connectivity index is 2.90. The second-order valence-corrected chi connectivity index (χ2v) is 4.37. The predicted octanol–water partition coefficient (Wildman–Crippen LogP) is 3.06. The summed E-state index contributed by atoms with van der Waals surface area (Å²) in [5.74, 6) is 0. The van der Waals surface area contributed by atoms with Crippen LogP contribution in [-0.2, 0) is 11.5 Å². The first-order chi connectivity index (χ1) is 5.88. The summed E-state index contributed by atoms with van der Waals surface area (Å²) in [5.41, 5.74) is 2.79. The normalized spacial score (nSPS) is 11.8. The number of hydrogen-bond acceptors (Lipinski definition) is 0. The third kappa shape index (κ3) is 3.19. The van der Waals surface area contributed by atoms with Crippen LogP contribution in [0.1, 0.15) is 30.5 Å². The Morgan fingerprint density at radius 2 is 1.85 bits per heavy atom. The van der Waals surface area contributed by atoms with E-state index < -0.39 is 5.60 Å². The summed E-state index contributed by atoms with van der Waals surface area (Å²) < 4.78 is 0. The molecule has 0 saturated heterocycles. The van der Waals surface area contributed by atoms with Gasteiger partial charge in [0.15, 0.2) is 0 Å². The molecular formula is C12H17O. The van der Waals surface area contributed by atoms with Crippen molar-refractivity contribution >= 4 is 0 Å². The van der Waals surface area contributed by atoms with E-state index in [1.165, 1.54) is 16.7 Å². The van der Waals surface area contributed by atoms with Crippen molar-refractivity contribution < 1.29 is 5.11 Å². The van der Waals surface area contributed by atoms with E-state index in [0.29, 0.717) is 6.42 Å². The van der Waals surface area contributed by atoms with Gasteiger partial charge in [0.1, 0.15) is 5.60 Å². The lowest BCUT2D eigenvalue weighted by Crippen LogP contribution is -2.20. The zero-order valence-electron chi connectivity index (χ0n) is 8.85. The molecule has 0 fully saturated rings. The molecule has 71 valence electrons. The van der Waals surface area contributed by atoms with Crippen molar-refractivity contribution in [1.82, 2.24) is 0 Å². The van der Waals surface area contributed by atoms with E-state index in [1.807, 2.05) is 0 Å². The van der Waals surface area contributed by atoms with Crippen molar-refractivity contribution in [3.8, 4) is 0 Å². The molecule has 0 heterocycles. The Kier molecular flexibility index (Phi) is 2.77. The molecule has 0 saturated carbocycles. The van der Waals surface area contributed by atoms with Crippen molar-refractivity contribution in [1.29, 1.82) is 0 Å². The van der Waals surface area contributed by atoms with Crippen LogP contribution in [-0.4, -0.2) is 5.60 Å². The van der Waals surface area contributed by atoms with E-state index in [-0.39, 0.29) is 0 Å². The minimum Gasteiger partial charge on any atom is -0.230 e. The second kappa shape index (κ2) is 3.51. The van der Waals surface area contributed by atoms with Gasteiger partial charge in [-0.05, 0) is 38.8 Å². The van der Waals surface area contributed by atoms with Gasteiger partial charge in [-0.15, -0.1) is 0 Å². The highest BCUT2D eigenvalue weighted by molar-refractivity contribution is 5.31. The van der Waals surface area contributed by atoms with Gasteiger partial charge in [0.05, 0.1) is 0 Å². The zero-order valence-corrected chi connectivity index (χ0v) is 8.85. The summed E-state index contributed by atoms with van der Waals surface area (Å²) in [4.78, 5) is 0. The standard InChI is InChI=1S/C12H17O/c1-9-5-6-11(10(2)7-9)8-12(3,4)13/h5-7H,8H2,1-4H3. The van der Waals surface area contributed by atoms with Gasteiger partial charge >= 0.3 is 0 Å². The van der Waals surface area contributed by atoms with Gasteiger partial charge in [-0.25, -0.2) is 5.11 Å². The molecule has 1 aromatic rings. The minimum absolute atomic E-state index is 0.610. The van der Waals surface area contributed by atoms with Crippen molar-refractivity contribution in [3.05, 3.63) is 34.9 Å². The summed E-state index contributed by atoms with van der Waals surface area (Å²) in [5, 5.41) is 11.5. The molecule has 13 heavy (non-hydrogen) atoms. The van der Waals surface area contributed by atoms with Crippen LogP contribution < -0.4 is 0 Å². The molecule has 0 bridgehead atoms. The van der Waals surface area contributed by atoms with Gasteiger partial charge < -0.3 is 0 Å². The maximum Gasteiger partial charge on any atom is 0.102 e. The molecule has 0 atom stereocenters. The fourth-order valence-corrected chi connectivity index (χ4v) is 1.50. The predicted molar refractivity (Wildman–Crippen MR) is 54.4 cm³/mol. The molecule has 0 N–H and O–H groups in total. The molecule has 0 aliphatic rings. The SMILES string of the molecule is Cc1ccc(CC(C)(C)[O])c(C)c1. The third-order valence-electron chi connectivity index (χ3n) is 2.11. The third-order valence-corrected chi connectivity index (χ3v) is 2.11. The molecule has 0 spiro atoms. The molecule has 0 aromatic heterocycles. The molecule has 1 aromatic carbocycles. The first kappa shape index (κ1) is 10.3. The van der Waals surface area contributed by atoms with E-state index in [9.17, 15) is 5.11 Å². The Morgan fingerprint density at radius 1 is 1.23 bits per heavy atom. The smallest absolute Gasteiger partial charge is 0.102 e. The highest BCUT2D eigenvalue weighted by Crippen LogP contribution is 2.17. The van der Waals surface area contributed by atoms with Gasteiger partial charge in [0.2, 0.25) is 0 Å². The Hall–Kier alpha value is -0.820. The molecule has 1 heteroatoms. The van der Waals surface area contributed by atoms with Gasteiger partial charge in [-0.3, -0.25) is 0 Å². The Labute approximate surface area is 80.4 Å². The molecular weight excluding hydrogens is 160 g/mol. The summed E-state index contributed by atoms with van der Waals surface area (Å²) in [6, 6.07) is 6.25. The zero-order chi connectivity index (χ0) is 10.1. The molecule has 1 radical (unpaired) electrons. The fourth-order valence-electron chi connectivity index (χ4n) is 1.50. The van der Waals surface area contributed by atoms with Crippen LogP contribution in [0, 0.1) is 13.8 Å². The summed E-state index contributed by atoms with van der Waals surface area (Å²) >= 11 is 0. The maximum absolute atomic E-state index is 11.5. The Bertz CT molecular complexity index is 294. The largest absolute Gasteiger partial charge is 0.230 e. The van der Waals surface area contributed by atoms with Crippen LogP contribution in [0.5, 0.6) is 0 Å². The Morgan fingerprint density at radius 3 is 2.31 bits per heavy atom. The maximum atomic E-state index is 11.5. The van der Waals surface area contributed by atoms with Crippen molar-refractivity contribution in [2.45, 2.75) is 39.7 Å². The number of rotatable bonds is 2. The van der Waals surface area contributed by atoms with E-state index in [1.54, 1.807) is 13.8 Å². The average molecular weight is 177 g/mol. The first-order valence-corrected chi connectivity index (χ1v) is 4.65. The lowest BCUT2D eigenvalue weighted by molar-refractivity contribution is 0.00466. The second-order valence-electron chi connectivity index (χ2n) is 4.37. The number of hydrogen-bond donors (Lipinski definition) is 0. The van der Waals surface area contributed by atoms with E-state index in [0.717, 1.165) is 0 Å². The molecule has 0 unspecified atom stereocenters. The fraction of sp³-hybridized carbons (Fsp3) is 0.500. The van der Waals surface area contributed by atoms with Crippen LogP contribution in [0.2, 0.25) is 0 Å². The first-order valence-electron chi connectivity index (χ1n) is 4.65. The van der Waals surface area contributed by atoms with E-state index in [2.05, 4.69) is 32.0 Å². The van der Waals surface area contributed by atoms with Crippen molar-refractivity contribution in [2.24, 2.45) is 0 Å². The van der Waals surface area contributed by atoms with Crippen LogP contribution >= 0.6 is 0 Å². The molecule has 1 nitrogen and oxygen atoms in total. The van der Waals surface area contributed by atoms with Crippen molar-refractivity contribution in [2.75, 3.05) is 0 Å². The monoisotopic (exact) mass is 177 g/mol. The van der Waals surface area contributed by atoms with Gasteiger partial charge in [0, 0.05) is 6.42 Å². The highest BCUT2D eigenvalue weighted by Gasteiger charge is 2.16. The number of aryl methyl sites for hydroxylation is 2. The quantitative estimate of drug-likeness (QED) is 0.661. The lowest BCUT2D eigenvalue weighted by atomic mass is 9.94. The molecule has 0 amide bonds. The summed E-state index contributed by atoms with van der Waals surface area (Å²) in [7, 11) is 0. The summed E-state index contributed by atoms with van der Waals surface area (Å²) in [6.45, 7) is 7.59. The van der Waals surface area contributed by atoms with Crippen LogP contribution in [0.3, 0.4) is 0 Å². The molecule has 1 rings (SSSR count). The van der Waals surface area contributed by atoms with Crippen LogP contribution in [0.25, 0.3) is 0 Å². The van der Waals surface area contributed by atoms with Crippen molar-refractivity contribution in [3.63, 3.8) is 0 Å². The van der Waals surface area contributed by atoms with E-state index >= 15 is 0 Å². The minimum atomic E-state index is -0.861. The number of benzene rings is 1. The summed E-state index contributed by atoms with van der Waals surface area (Å²) in [6.07, 6.45) is 0.610. The van der Waals surface area contributed by atoms with Crippen LogP contribution in [0.15, 0.2) is 18.2 Å². The lowest BCUT2D eigenvalue weighted by Gasteiger charge is -2.16. The molecule has 0 aliphatic heterocycles. The van der Waals surface area contributed by atoms with Gasteiger partial charge in [-0.2, -0.15) is 0 Å².